The summed E-state index contributed by atoms with van der Waals surface area (Å²) in [4.78, 5) is 0. The number of anilines is 1. The van der Waals surface area contributed by atoms with E-state index < -0.39 is 0 Å². The van der Waals surface area contributed by atoms with Crippen LogP contribution in [0.1, 0.15) is 27.2 Å². The molecular formula is C12H17ClFN. The maximum Gasteiger partial charge on any atom is 0.147 e. The highest BCUT2D eigenvalue weighted by Gasteiger charge is 2.12. The summed E-state index contributed by atoms with van der Waals surface area (Å²) in [5, 5.41) is 3.62. The second-order valence-corrected chi connectivity index (χ2v) is 4.46. The molecule has 0 bridgehead atoms. The molecule has 1 aromatic rings. The van der Waals surface area contributed by atoms with Crippen molar-refractivity contribution >= 4 is 17.3 Å². The molecule has 84 valence electrons. The molecule has 3 heteroatoms. The summed E-state index contributed by atoms with van der Waals surface area (Å²) < 4.78 is 13.5. The molecule has 0 radical (unpaired) electrons. The van der Waals surface area contributed by atoms with Crippen LogP contribution < -0.4 is 5.32 Å². The van der Waals surface area contributed by atoms with E-state index in [1.54, 1.807) is 12.1 Å². The third-order valence-electron chi connectivity index (χ3n) is 2.52. The lowest BCUT2D eigenvalue weighted by Gasteiger charge is -2.22. The van der Waals surface area contributed by atoms with Crippen molar-refractivity contribution in [2.45, 2.75) is 33.2 Å². The minimum absolute atomic E-state index is 0.290. The molecule has 15 heavy (non-hydrogen) atoms. The van der Waals surface area contributed by atoms with Gasteiger partial charge in [-0.1, -0.05) is 32.4 Å². The molecule has 0 fully saturated rings. The Labute approximate surface area is 95.6 Å². The van der Waals surface area contributed by atoms with Crippen molar-refractivity contribution in [1.82, 2.24) is 0 Å². The second kappa shape index (κ2) is 5.36. The number of halogens is 2. The summed E-state index contributed by atoms with van der Waals surface area (Å²) in [7, 11) is 0. The largest absolute Gasteiger partial charge is 0.380 e. The van der Waals surface area contributed by atoms with Crippen molar-refractivity contribution in [3.05, 3.63) is 29.0 Å². The summed E-state index contributed by atoms with van der Waals surface area (Å²) in [6.07, 6.45) is 0.972. The zero-order chi connectivity index (χ0) is 11.4. The van der Waals surface area contributed by atoms with Crippen molar-refractivity contribution in [1.29, 1.82) is 0 Å². The summed E-state index contributed by atoms with van der Waals surface area (Å²) in [6.45, 7) is 6.33. The van der Waals surface area contributed by atoms with Crippen LogP contribution >= 0.6 is 11.6 Å². The number of hydrogen-bond donors (Lipinski definition) is 1. The lowest BCUT2D eigenvalue weighted by molar-refractivity contribution is 0.507. The quantitative estimate of drug-likeness (QED) is 0.811. The van der Waals surface area contributed by atoms with Gasteiger partial charge in [0.25, 0.3) is 0 Å². The van der Waals surface area contributed by atoms with Gasteiger partial charge in [0, 0.05) is 11.1 Å². The molecule has 0 spiro atoms. The first-order valence-electron chi connectivity index (χ1n) is 5.26. The Morgan fingerprint density at radius 2 is 2.07 bits per heavy atom. The molecule has 0 aliphatic heterocycles. The first kappa shape index (κ1) is 12.3. The van der Waals surface area contributed by atoms with Crippen LogP contribution in [0.25, 0.3) is 0 Å². The van der Waals surface area contributed by atoms with Crippen LogP contribution in [0, 0.1) is 11.7 Å². The van der Waals surface area contributed by atoms with Crippen molar-refractivity contribution in [3.63, 3.8) is 0 Å². The molecule has 1 unspecified atom stereocenters. The third-order valence-corrected chi connectivity index (χ3v) is 2.75. The molecule has 0 heterocycles. The van der Waals surface area contributed by atoms with E-state index in [1.807, 2.05) is 0 Å². The SMILES string of the molecule is CCC(Nc1ccc(Cl)cc1F)C(C)C. The first-order valence-corrected chi connectivity index (χ1v) is 5.64. The van der Waals surface area contributed by atoms with Gasteiger partial charge >= 0.3 is 0 Å². The van der Waals surface area contributed by atoms with Crippen LogP contribution in [0.15, 0.2) is 18.2 Å². The average Bonchev–Trinajstić information content (AvgIpc) is 2.16. The Balaban J connectivity index is 2.79. The van der Waals surface area contributed by atoms with Gasteiger partial charge in [-0.25, -0.2) is 4.39 Å². The molecule has 0 aliphatic carbocycles. The minimum atomic E-state index is -0.290. The Bertz CT molecular complexity index is 325. The Hall–Kier alpha value is -0.760. The maximum absolute atomic E-state index is 13.5. The van der Waals surface area contributed by atoms with Gasteiger partial charge in [0.15, 0.2) is 0 Å². The fraction of sp³-hybridized carbons (Fsp3) is 0.500. The highest BCUT2D eigenvalue weighted by atomic mass is 35.5. The van der Waals surface area contributed by atoms with E-state index in [0.717, 1.165) is 6.42 Å². The normalized spacial score (nSPS) is 12.9. The summed E-state index contributed by atoms with van der Waals surface area (Å²) in [5.41, 5.74) is 0.528. The predicted octanol–water partition coefficient (Wildman–Crippen LogP) is 4.33. The van der Waals surface area contributed by atoms with Gasteiger partial charge < -0.3 is 5.32 Å². The van der Waals surface area contributed by atoms with Gasteiger partial charge in [-0.3, -0.25) is 0 Å². The smallest absolute Gasteiger partial charge is 0.147 e. The van der Waals surface area contributed by atoms with Crippen molar-refractivity contribution in [2.24, 2.45) is 5.92 Å². The molecule has 1 rings (SSSR count). The standard InChI is InChI=1S/C12H17ClFN/c1-4-11(8(2)3)15-12-6-5-9(13)7-10(12)14/h5-8,11,15H,4H2,1-3H3. The molecule has 0 saturated carbocycles. The van der Waals surface area contributed by atoms with E-state index in [2.05, 4.69) is 26.1 Å². The maximum atomic E-state index is 13.5. The molecule has 1 aromatic carbocycles. The fourth-order valence-electron chi connectivity index (χ4n) is 1.55. The monoisotopic (exact) mass is 229 g/mol. The Kier molecular flexibility index (Phi) is 4.40. The van der Waals surface area contributed by atoms with E-state index in [-0.39, 0.29) is 5.82 Å². The van der Waals surface area contributed by atoms with Crippen molar-refractivity contribution in [3.8, 4) is 0 Å². The van der Waals surface area contributed by atoms with Crippen LogP contribution in [0.3, 0.4) is 0 Å². The van der Waals surface area contributed by atoms with Crippen molar-refractivity contribution in [2.75, 3.05) is 5.32 Å². The first-order chi connectivity index (χ1) is 7.04. The van der Waals surface area contributed by atoms with Gasteiger partial charge in [-0.15, -0.1) is 0 Å². The van der Waals surface area contributed by atoms with Gasteiger partial charge in [0.2, 0.25) is 0 Å². The molecule has 1 atom stereocenters. The summed E-state index contributed by atoms with van der Waals surface area (Å²) in [5.74, 6) is 0.187. The van der Waals surface area contributed by atoms with Crippen molar-refractivity contribution < 1.29 is 4.39 Å². The molecule has 0 saturated heterocycles. The van der Waals surface area contributed by atoms with E-state index in [4.69, 9.17) is 11.6 Å². The van der Waals surface area contributed by atoms with Crippen LogP contribution in [0.4, 0.5) is 10.1 Å². The second-order valence-electron chi connectivity index (χ2n) is 4.03. The highest BCUT2D eigenvalue weighted by molar-refractivity contribution is 6.30. The zero-order valence-corrected chi connectivity index (χ0v) is 10.1. The topological polar surface area (TPSA) is 12.0 Å². The highest BCUT2D eigenvalue weighted by Crippen LogP contribution is 2.21. The summed E-state index contributed by atoms with van der Waals surface area (Å²) >= 11 is 5.68. The van der Waals surface area contributed by atoms with E-state index in [0.29, 0.717) is 22.7 Å². The van der Waals surface area contributed by atoms with Gasteiger partial charge in [-0.2, -0.15) is 0 Å². The summed E-state index contributed by atoms with van der Waals surface area (Å²) in [6, 6.07) is 5.00. The zero-order valence-electron chi connectivity index (χ0n) is 9.35. The molecule has 0 aliphatic rings. The van der Waals surface area contributed by atoms with E-state index in [9.17, 15) is 4.39 Å². The molecule has 1 N–H and O–H groups in total. The minimum Gasteiger partial charge on any atom is -0.380 e. The molecule has 0 aromatic heterocycles. The Morgan fingerprint density at radius 3 is 2.53 bits per heavy atom. The van der Waals surface area contributed by atoms with Gasteiger partial charge in [0.05, 0.1) is 5.69 Å². The van der Waals surface area contributed by atoms with Crippen LogP contribution in [0.5, 0.6) is 0 Å². The Morgan fingerprint density at radius 1 is 1.40 bits per heavy atom. The van der Waals surface area contributed by atoms with Crippen LogP contribution in [0.2, 0.25) is 5.02 Å². The molecule has 1 nitrogen and oxygen atoms in total. The number of nitrogens with one attached hydrogen (secondary N) is 1. The fourth-order valence-corrected chi connectivity index (χ4v) is 1.71. The van der Waals surface area contributed by atoms with Crippen LogP contribution in [-0.2, 0) is 0 Å². The number of hydrogen-bond acceptors (Lipinski definition) is 1. The van der Waals surface area contributed by atoms with E-state index >= 15 is 0 Å². The number of benzene rings is 1. The van der Waals surface area contributed by atoms with Gasteiger partial charge in [-0.05, 0) is 30.5 Å². The third kappa shape index (κ3) is 3.38. The lowest BCUT2D eigenvalue weighted by atomic mass is 10.0. The van der Waals surface area contributed by atoms with Gasteiger partial charge in [0.1, 0.15) is 5.82 Å². The molecular weight excluding hydrogens is 213 g/mol. The van der Waals surface area contributed by atoms with Crippen LogP contribution in [-0.4, -0.2) is 6.04 Å². The van der Waals surface area contributed by atoms with E-state index in [1.165, 1.54) is 6.07 Å². The molecule has 0 amide bonds. The number of rotatable bonds is 4. The predicted molar refractivity (Wildman–Crippen MR) is 63.9 cm³/mol. The average molecular weight is 230 g/mol. The lowest BCUT2D eigenvalue weighted by Crippen LogP contribution is -2.25.